The summed E-state index contributed by atoms with van der Waals surface area (Å²) in [5.74, 6) is -4.80. The molecule has 2 saturated carbocycles. The Bertz CT molecular complexity index is 1560. The maximum absolute atomic E-state index is 14.6. The molecule has 3 fully saturated rings. The SMILES string of the molecule is N#CC1(NC(=O)C2CC(F)(F)CCC2c2nn3ccccc3c2-c2ccc(N3CCS(=O)(=O)CC3)cc2)CC1. The Hall–Kier alpha value is -3.52. The van der Waals surface area contributed by atoms with Crippen LogP contribution in [0.3, 0.4) is 0 Å². The molecule has 2 atom stereocenters. The molecule has 0 spiro atoms. The van der Waals surface area contributed by atoms with Gasteiger partial charge in [0.15, 0.2) is 9.84 Å². The van der Waals surface area contributed by atoms with Crippen LogP contribution in [0.25, 0.3) is 16.6 Å². The summed E-state index contributed by atoms with van der Waals surface area (Å²) in [4.78, 5) is 15.4. The first kappa shape index (κ1) is 25.7. The second kappa shape index (κ2) is 9.30. The van der Waals surface area contributed by atoms with Crippen molar-refractivity contribution in [2.45, 2.75) is 49.5 Å². The summed E-state index contributed by atoms with van der Waals surface area (Å²) in [6, 6.07) is 15.5. The van der Waals surface area contributed by atoms with Crippen LogP contribution >= 0.6 is 0 Å². The van der Waals surface area contributed by atoms with Gasteiger partial charge in [-0.05, 0) is 49.1 Å². The van der Waals surface area contributed by atoms with Crippen molar-refractivity contribution in [3.8, 4) is 17.2 Å². The number of pyridine rings is 1. The summed E-state index contributed by atoms with van der Waals surface area (Å²) >= 11 is 0. The van der Waals surface area contributed by atoms with Crippen LogP contribution in [0.1, 0.15) is 43.7 Å². The number of nitrogens with zero attached hydrogens (tertiary/aromatic N) is 4. The Balaban J connectivity index is 1.37. The molecule has 6 rings (SSSR count). The number of halogens is 2. The van der Waals surface area contributed by atoms with Crippen molar-refractivity contribution in [3.63, 3.8) is 0 Å². The molecule has 11 heteroatoms. The molecule has 2 aromatic heterocycles. The van der Waals surface area contributed by atoms with Crippen LogP contribution in [-0.4, -0.2) is 60.0 Å². The molecule has 8 nitrogen and oxygen atoms in total. The van der Waals surface area contributed by atoms with Gasteiger partial charge in [0.25, 0.3) is 0 Å². The molecule has 3 aliphatic rings. The molecule has 1 amide bonds. The second-order valence-corrected chi connectivity index (χ2v) is 13.3. The lowest BCUT2D eigenvalue weighted by Gasteiger charge is -2.35. The Morgan fingerprint density at radius 2 is 1.79 bits per heavy atom. The van der Waals surface area contributed by atoms with Gasteiger partial charge in [0.05, 0.1) is 34.7 Å². The number of benzene rings is 1. The predicted octanol–water partition coefficient (Wildman–Crippen LogP) is 3.93. The van der Waals surface area contributed by atoms with E-state index in [4.69, 9.17) is 5.10 Å². The minimum atomic E-state index is -3.00. The molecule has 2 aliphatic carbocycles. The number of carbonyl (C=O) groups excluding carboxylic acids is 1. The van der Waals surface area contributed by atoms with Gasteiger partial charge in [-0.1, -0.05) is 18.2 Å². The summed E-state index contributed by atoms with van der Waals surface area (Å²) < 4.78 is 54.6. The fourth-order valence-corrected chi connectivity index (χ4v) is 7.04. The highest BCUT2D eigenvalue weighted by molar-refractivity contribution is 7.91. The maximum atomic E-state index is 14.6. The number of fused-ring (bicyclic) bond motifs is 1. The van der Waals surface area contributed by atoms with Gasteiger partial charge in [-0.15, -0.1) is 0 Å². The van der Waals surface area contributed by atoms with Gasteiger partial charge in [-0.2, -0.15) is 10.4 Å². The van der Waals surface area contributed by atoms with E-state index in [1.807, 2.05) is 47.4 Å². The number of alkyl halides is 2. The zero-order valence-corrected chi connectivity index (χ0v) is 22.1. The minimum Gasteiger partial charge on any atom is -0.369 e. The molecule has 3 heterocycles. The van der Waals surface area contributed by atoms with Gasteiger partial charge < -0.3 is 10.2 Å². The largest absolute Gasteiger partial charge is 0.369 e. The third-order valence-electron chi connectivity index (χ3n) is 8.27. The van der Waals surface area contributed by atoms with E-state index in [9.17, 15) is 27.3 Å². The van der Waals surface area contributed by atoms with E-state index in [0.717, 1.165) is 22.3 Å². The molecule has 3 aromatic rings. The number of nitriles is 1. The molecule has 0 bridgehead atoms. The van der Waals surface area contributed by atoms with Crippen molar-refractivity contribution in [1.29, 1.82) is 5.26 Å². The molecule has 1 aliphatic heterocycles. The highest BCUT2D eigenvalue weighted by Crippen LogP contribution is 2.48. The number of hydrogen-bond acceptors (Lipinski definition) is 6. The molecular formula is C28H29F2N5O3S. The average molecular weight is 554 g/mol. The van der Waals surface area contributed by atoms with Crippen LogP contribution in [0.15, 0.2) is 48.7 Å². The van der Waals surface area contributed by atoms with Crippen LogP contribution in [-0.2, 0) is 14.6 Å². The molecule has 39 heavy (non-hydrogen) atoms. The van der Waals surface area contributed by atoms with Gasteiger partial charge in [-0.3, -0.25) is 4.79 Å². The van der Waals surface area contributed by atoms with E-state index in [2.05, 4.69) is 11.4 Å². The van der Waals surface area contributed by atoms with E-state index < -0.39 is 45.5 Å². The lowest BCUT2D eigenvalue weighted by Crippen LogP contribution is -2.45. The molecular weight excluding hydrogens is 524 g/mol. The molecule has 204 valence electrons. The van der Waals surface area contributed by atoms with Gasteiger partial charge in [0.1, 0.15) is 5.54 Å². The molecule has 1 aromatic carbocycles. The summed E-state index contributed by atoms with van der Waals surface area (Å²) in [6.07, 6.45) is 2.02. The third kappa shape index (κ3) is 4.98. The zero-order chi connectivity index (χ0) is 27.4. The van der Waals surface area contributed by atoms with E-state index in [1.54, 1.807) is 10.7 Å². The third-order valence-corrected chi connectivity index (χ3v) is 9.88. The van der Waals surface area contributed by atoms with E-state index >= 15 is 0 Å². The van der Waals surface area contributed by atoms with Crippen molar-refractivity contribution in [2.24, 2.45) is 5.92 Å². The van der Waals surface area contributed by atoms with Crippen LogP contribution < -0.4 is 10.2 Å². The standard InChI is InChI=1S/C28H29F2N5O3S/c29-28(30)9-8-21(22(17-28)26(36)32-27(18-31)10-11-27)25-24(23-3-1-2-12-35(23)33-25)19-4-6-20(7-5-19)34-13-15-39(37,38)16-14-34/h1-7,12,21-22H,8-11,13-17H2,(H,32,36). The maximum Gasteiger partial charge on any atom is 0.249 e. The van der Waals surface area contributed by atoms with Gasteiger partial charge in [-0.25, -0.2) is 21.7 Å². The molecule has 0 radical (unpaired) electrons. The summed E-state index contributed by atoms with van der Waals surface area (Å²) in [7, 11) is -3.00. The quantitative estimate of drug-likeness (QED) is 0.513. The lowest BCUT2D eigenvalue weighted by atomic mass is 9.73. The van der Waals surface area contributed by atoms with Crippen LogP contribution in [0.5, 0.6) is 0 Å². The van der Waals surface area contributed by atoms with Crippen molar-refractivity contribution in [3.05, 3.63) is 54.4 Å². The number of carbonyl (C=O) groups is 1. The molecule has 1 saturated heterocycles. The summed E-state index contributed by atoms with van der Waals surface area (Å²) in [5, 5.41) is 17.0. The van der Waals surface area contributed by atoms with E-state index in [0.29, 0.717) is 31.6 Å². The monoisotopic (exact) mass is 553 g/mol. The Labute approximate surface area is 225 Å². The number of sulfone groups is 1. The number of aromatic nitrogens is 2. The predicted molar refractivity (Wildman–Crippen MR) is 142 cm³/mol. The fourth-order valence-electron chi connectivity index (χ4n) is 5.84. The number of rotatable bonds is 5. The average Bonchev–Trinajstić information content (AvgIpc) is 3.58. The van der Waals surface area contributed by atoms with Crippen molar-refractivity contribution >= 4 is 26.9 Å². The second-order valence-electron chi connectivity index (χ2n) is 11.0. The van der Waals surface area contributed by atoms with Crippen molar-refractivity contribution in [1.82, 2.24) is 14.9 Å². The number of hydrogen-bond donors (Lipinski definition) is 1. The lowest BCUT2D eigenvalue weighted by molar-refractivity contribution is -0.134. The topological polar surface area (TPSA) is 108 Å². The first-order chi connectivity index (χ1) is 18.6. The highest BCUT2D eigenvalue weighted by atomic mass is 32.2. The Kier molecular flexibility index (Phi) is 6.14. The van der Waals surface area contributed by atoms with Crippen LogP contribution in [0, 0.1) is 17.2 Å². The van der Waals surface area contributed by atoms with Crippen LogP contribution in [0.2, 0.25) is 0 Å². The van der Waals surface area contributed by atoms with Gasteiger partial charge in [0, 0.05) is 49.3 Å². The van der Waals surface area contributed by atoms with Crippen molar-refractivity contribution in [2.75, 3.05) is 29.5 Å². The van der Waals surface area contributed by atoms with Crippen molar-refractivity contribution < 1.29 is 22.0 Å². The Morgan fingerprint density at radius 3 is 2.46 bits per heavy atom. The Morgan fingerprint density at radius 1 is 1.08 bits per heavy atom. The number of anilines is 1. The highest BCUT2D eigenvalue weighted by Gasteiger charge is 2.51. The van der Waals surface area contributed by atoms with Gasteiger partial charge in [0.2, 0.25) is 11.8 Å². The smallest absolute Gasteiger partial charge is 0.249 e. The molecule has 1 N–H and O–H groups in total. The summed E-state index contributed by atoms with van der Waals surface area (Å²) in [6.45, 7) is 0.863. The normalized spacial score (nSPS) is 25.1. The minimum absolute atomic E-state index is 0.0991. The molecule has 2 unspecified atom stereocenters. The first-order valence-electron chi connectivity index (χ1n) is 13.2. The number of nitrogens with one attached hydrogen (secondary N) is 1. The number of amides is 1. The van der Waals surface area contributed by atoms with E-state index in [1.165, 1.54) is 0 Å². The van der Waals surface area contributed by atoms with E-state index in [-0.39, 0.29) is 24.3 Å². The van der Waals surface area contributed by atoms with Gasteiger partial charge >= 0.3 is 0 Å². The zero-order valence-electron chi connectivity index (χ0n) is 21.3. The first-order valence-corrected chi connectivity index (χ1v) is 15.1. The fraction of sp³-hybridized carbons (Fsp3) is 0.464. The van der Waals surface area contributed by atoms with Crippen LogP contribution in [0.4, 0.5) is 14.5 Å². The summed E-state index contributed by atoms with van der Waals surface area (Å²) in [5.41, 5.74) is 2.99.